The number of rotatable bonds is 2. The molecule has 1 N–H and O–H groups in total. The first-order valence-electron chi connectivity index (χ1n) is 5.47. The molecule has 1 saturated heterocycles. The van der Waals surface area contributed by atoms with Crippen molar-refractivity contribution in [2.45, 2.75) is 13.0 Å². The highest BCUT2D eigenvalue weighted by molar-refractivity contribution is 14.1. The fourth-order valence-electron chi connectivity index (χ4n) is 2.05. The Morgan fingerprint density at radius 3 is 2.73 bits per heavy atom. The third kappa shape index (κ3) is 2.92. The molecule has 2 rings (SSSR count). The van der Waals surface area contributed by atoms with E-state index in [1.807, 2.05) is 0 Å². The summed E-state index contributed by atoms with van der Waals surface area (Å²) in [6.07, 6.45) is 0. The summed E-state index contributed by atoms with van der Waals surface area (Å²) in [7, 11) is 0. The SMILES string of the molecule is C[C@H](c1cccc(I)c1)N1CCNCC1. The smallest absolute Gasteiger partial charge is 0.0321 e. The van der Waals surface area contributed by atoms with E-state index in [1.165, 1.54) is 9.13 Å². The highest BCUT2D eigenvalue weighted by Gasteiger charge is 2.17. The molecule has 1 aromatic rings. The van der Waals surface area contributed by atoms with Gasteiger partial charge in [-0.1, -0.05) is 12.1 Å². The van der Waals surface area contributed by atoms with Gasteiger partial charge in [-0.3, -0.25) is 4.90 Å². The summed E-state index contributed by atoms with van der Waals surface area (Å²) in [5, 5.41) is 3.39. The van der Waals surface area contributed by atoms with Crippen LogP contribution in [0, 0.1) is 3.57 Å². The summed E-state index contributed by atoms with van der Waals surface area (Å²) in [5.41, 5.74) is 1.43. The van der Waals surface area contributed by atoms with Crippen LogP contribution in [0.15, 0.2) is 24.3 Å². The van der Waals surface area contributed by atoms with Gasteiger partial charge in [-0.15, -0.1) is 0 Å². The molecule has 3 heteroatoms. The molecule has 0 bridgehead atoms. The standard InChI is InChI=1S/C12H17IN2/c1-10(15-7-5-14-6-8-15)11-3-2-4-12(13)9-11/h2-4,9-10,14H,5-8H2,1H3/t10-/m1/s1. The summed E-state index contributed by atoms with van der Waals surface area (Å²) in [6.45, 7) is 6.86. The molecule has 0 aromatic heterocycles. The van der Waals surface area contributed by atoms with Crippen molar-refractivity contribution >= 4 is 22.6 Å². The minimum Gasteiger partial charge on any atom is -0.314 e. The summed E-state index contributed by atoms with van der Waals surface area (Å²) >= 11 is 2.38. The van der Waals surface area contributed by atoms with Gasteiger partial charge in [0.25, 0.3) is 0 Å². The van der Waals surface area contributed by atoms with E-state index in [0.29, 0.717) is 6.04 Å². The molecule has 82 valence electrons. The molecule has 1 aliphatic heterocycles. The molecule has 0 saturated carbocycles. The molecular weight excluding hydrogens is 299 g/mol. The second kappa shape index (κ2) is 5.27. The number of benzene rings is 1. The Morgan fingerprint density at radius 1 is 1.33 bits per heavy atom. The van der Waals surface area contributed by atoms with Crippen LogP contribution >= 0.6 is 22.6 Å². The van der Waals surface area contributed by atoms with Crippen LogP contribution < -0.4 is 5.32 Å². The van der Waals surface area contributed by atoms with E-state index in [2.05, 4.69) is 64.0 Å². The second-order valence-electron chi connectivity index (χ2n) is 4.02. The molecule has 1 fully saturated rings. The van der Waals surface area contributed by atoms with E-state index in [1.54, 1.807) is 0 Å². The minimum absolute atomic E-state index is 0.543. The molecule has 15 heavy (non-hydrogen) atoms. The van der Waals surface area contributed by atoms with E-state index in [-0.39, 0.29) is 0 Å². The first-order valence-corrected chi connectivity index (χ1v) is 6.55. The zero-order valence-electron chi connectivity index (χ0n) is 9.04. The van der Waals surface area contributed by atoms with Gasteiger partial charge < -0.3 is 5.32 Å². The van der Waals surface area contributed by atoms with Gasteiger partial charge >= 0.3 is 0 Å². The maximum Gasteiger partial charge on any atom is 0.0321 e. The van der Waals surface area contributed by atoms with Crippen LogP contribution in [0.25, 0.3) is 0 Å². The van der Waals surface area contributed by atoms with Crippen LogP contribution in [0.3, 0.4) is 0 Å². The van der Waals surface area contributed by atoms with Gasteiger partial charge in [-0.05, 0) is 47.2 Å². The molecule has 1 aliphatic rings. The summed E-state index contributed by atoms with van der Waals surface area (Å²) < 4.78 is 1.33. The Labute approximate surface area is 105 Å². The Balaban J connectivity index is 2.08. The van der Waals surface area contributed by atoms with Crippen molar-refractivity contribution in [2.24, 2.45) is 0 Å². The molecule has 0 unspecified atom stereocenters. The van der Waals surface area contributed by atoms with Gasteiger partial charge in [0.1, 0.15) is 0 Å². The highest BCUT2D eigenvalue weighted by Crippen LogP contribution is 2.21. The summed E-state index contributed by atoms with van der Waals surface area (Å²) in [4.78, 5) is 2.54. The Bertz CT molecular complexity index is 321. The van der Waals surface area contributed by atoms with Crippen molar-refractivity contribution < 1.29 is 0 Å². The van der Waals surface area contributed by atoms with Gasteiger partial charge in [-0.25, -0.2) is 0 Å². The number of halogens is 1. The fourth-order valence-corrected chi connectivity index (χ4v) is 2.61. The summed E-state index contributed by atoms with van der Waals surface area (Å²) in [5.74, 6) is 0. The lowest BCUT2D eigenvalue weighted by Gasteiger charge is -2.33. The van der Waals surface area contributed by atoms with Crippen molar-refractivity contribution in [3.8, 4) is 0 Å². The van der Waals surface area contributed by atoms with Gasteiger partial charge in [-0.2, -0.15) is 0 Å². The zero-order chi connectivity index (χ0) is 10.7. The highest BCUT2D eigenvalue weighted by atomic mass is 127. The van der Waals surface area contributed by atoms with Gasteiger partial charge in [0.15, 0.2) is 0 Å². The second-order valence-corrected chi connectivity index (χ2v) is 5.26. The van der Waals surface area contributed by atoms with Crippen LogP contribution in [0.5, 0.6) is 0 Å². The Morgan fingerprint density at radius 2 is 2.07 bits per heavy atom. The lowest BCUT2D eigenvalue weighted by atomic mass is 10.1. The van der Waals surface area contributed by atoms with E-state index < -0.39 is 0 Å². The average molecular weight is 316 g/mol. The number of nitrogens with zero attached hydrogens (tertiary/aromatic N) is 1. The lowest BCUT2D eigenvalue weighted by Crippen LogP contribution is -2.44. The number of hydrogen-bond donors (Lipinski definition) is 1. The van der Waals surface area contributed by atoms with Crippen molar-refractivity contribution in [3.63, 3.8) is 0 Å². The molecule has 0 radical (unpaired) electrons. The van der Waals surface area contributed by atoms with Gasteiger partial charge in [0.2, 0.25) is 0 Å². The maximum atomic E-state index is 3.39. The topological polar surface area (TPSA) is 15.3 Å². The van der Waals surface area contributed by atoms with Crippen LogP contribution in [-0.4, -0.2) is 31.1 Å². The van der Waals surface area contributed by atoms with Gasteiger partial charge in [0.05, 0.1) is 0 Å². The van der Waals surface area contributed by atoms with E-state index in [9.17, 15) is 0 Å². The van der Waals surface area contributed by atoms with E-state index in [0.717, 1.165) is 26.2 Å². The predicted molar refractivity (Wildman–Crippen MR) is 72.0 cm³/mol. The van der Waals surface area contributed by atoms with E-state index >= 15 is 0 Å². The Hall–Kier alpha value is -0.130. The summed E-state index contributed by atoms with van der Waals surface area (Å²) in [6, 6.07) is 9.36. The fraction of sp³-hybridized carbons (Fsp3) is 0.500. The first kappa shape index (κ1) is 11.4. The number of nitrogens with one attached hydrogen (secondary N) is 1. The quantitative estimate of drug-likeness (QED) is 0.842. The largest absolute Gasteiger partial charge is 0.314 e. The van der Waals surface area contributed by atoms with Crippen LogP contribution in [-0.2, 0) is 0 Å². The lowest BCUT2D eigenvalue weighted by molar-refractivity contribution is 0.185. The molecule has 0 amide bonds. The van der Waals surface area contributed by atoms with Crippen molar-refractivity contribution in [3.05, 3.63) is 33.4 Å². The number of piperazine rings is 1. The van der Waals surface area contributed by atoms with Crippen molar-refractivity contribution in [1.29, 1.82) is 0 Å². The molecule has 0 spiro atoms. The number of hydrogen-bond acceptors (Lipinski definition) is 2. The molecular formula is C12H17IN2. The third-order valence-electron chi connectivity index (χ3n) is 3.03. The average Bonchev–Trinajstić information content (AvgIpc) is 2.29. The van der Waals surface area contributed by atoms with Crippen molar-refractivity contribution in [1.82, 2.24) is 10.2 Å². The zero-order valence-corrected chi connectivity index (χ0v) is 11.2. The molecule has 0 aliphatic carbocycles. The van der Waals surface area contributed by atoms with Crippen molar-refractivity contribution in [2.75, 3.05) is 26.2 Å². The molecule has 1 atom stereocenters. The maximum absolute atomic E-state index is 3.39. The predicted octanol–water partition coefficient (Wildman–Crippen LogP) is 2.26. The molecule has 2 nitrogen and oxygen atoms in total. The van der Waals surface area contributed by atoms with Gasteiger partial charge in [0, 0.05) is 35.8 Å². The Kier molecular flexibility index (Phi) is 3.99. The molecule has 1 heterocycles. The monoisotopic (exact) mass is 316 g/mol. The third-order valence-corrected chi connectivity index (χ3v) is 3.70. The van der Waals surface area contributed by atoms with Crippen LogP contribution in [0.4, 0.5) is 0 Å². The van der Waals surface area contributed by atoms with Crippen LogP contribution in [0.1, 0.15) is 18.5 Å². The van der Waals surface area contributed by atoms with Crippen LogP contribution in [0.2, 0.25) is 0 Å². The minimum atomic E-state index is 0.543. The normalized spacial score (nSPS) is 20.1. The molecule has 1 aromatic carbocycles. The van der Waals surface area contributed by atoms with E-state index in [4.69, 9.17) is 0 Å². The first-order chi connectivity index (χ1) is 7.27.